The van der Waals surface area contributed by atoms with Crippen LogP contribution in [0, 0.1) is 11.6 Å². The monoisotopic (exact) mass is 419 g/mol. The van der Waals surface area contributed by atoms with E-state index in [1.54, 1.807) is 36.5 Å². The molecule has 0 bridgehead atoms. The van der Waals surface area contributed by atoms with E-state index in [-0.39, 0.29) is 22.9 Å². The molecule has 0 unspecified atom stereocenters. The zero-order chi connectivity index (χ0) is 22.0. The number of nitrogens with zero attached hydrogens (tertiary/aromatic N) is 1. The van der Waals surface area contributed by atoms with Gasteiger partial charge in [0.25, 0.3) is 0 Å². The average Bonchev–Trinajstić information content (AvgIpc) is 2.76. The summed E-state index contributed by atoms with van der Waals surface area (Å²) in [4.78, 5) is 16.3. The summed E-state index contributed by atoms with van der Waals surface area (Å²) < 4.78 is 31.9. The van der Waals surface area contributed by atoms with Crippen molar-refractivity contribution in [1.29, 1.82) is 0 Å². The first-order valence-electron chi connectivity index (χ1n) is 9.65. The number of benzene rings is 3. The van der Waals surface area contributed by atoms with E-state index in [2.05, 4.69) is 4.98 Å². The molecule has 4 aromatic rings. The van der Waals surface area contributed by atoms with Gasteiger partial charge in [-0.2, -0.15) is 0 Å². The van der Waals surface area contributed by atoms with Gasteiger partial charge in [0.15, 0.2) is 5.75 Å². The van der Waals surface area contributed by atoms with Gasteiger partial charge in [0.2, 0.25) is 0 Å². The molecule has 6 heteroatoms. The van der Waals surface area contributed by atoms with Gasteiger partial charge in [-0.05, 0) is 71.5 Å². The number of methoxy groups -OCH3 is 1. The SMILES string of the molecule is COc1c(C(=O)O)cc(Cc2ccc(F)cc2)c2cc(Cc3ccc(F)cc3)cnc12. The zero-order valence-corrected chi connectivity index (χ0v) is 16.7. The van der Waals surface area contributed by atoms with E-state index in [1.807, 2.05) is 6.07 Å². The lowest BCUT2D eigenvalue weighted by Crippen LogP contribution is -2.05. The largest absolute Gasteiger partial charge is 0.494 e. The molecule has 3 aromatic carbocycles. The van der Waals surface area contributed by atoms with Crippen molar-refractivity contribution < 1.29 is 23.4 Å². The number of rotatable bonds is 6. The molecule has 0 fully saturated rings. The highest BCUT2D eigenvalue weighted by atomic mass is 19.1. The lowest BCUT2D eigenvalue weighted by molar-refractivity contribution is 0.0693. The minimum Gasteiger partial charge on any atom is -0.494 e. The van der Waals surface area contributed by atoms with Crippen LogP contribution in [0.3, 0.4) is 0 Å². The molecule has 0 radical (unpaired) electrons. The third-order valence-corrected chi connectivity index (χ3v) is 5.13. The molecule has 0 spiro atoms. The van der Waals surface area contributed by atoms with Gasteiger partial charge in [-0.25, -0.2) is 13.6 Å². The number of ether oxygens (including phenoxy) is 1. The topological polar surface area (TPSA) is 59.4 Å². The predicted octanol–water partition coefficient (Wildman–Crippen LogP) is 5.40. The molecule has 4 rings (SSSR count). The Morgan fingerprint density at radius 2 is 1.48 bits per heavy atom. The van der Waals surface area contributed by atoms with E-state index in [0.29, 0.717) is 18.4 Å². The third kappa shape index (κ3) is 4.38. The normalized spacial score (nSPS) is 10.9. The number of carboxylic acid groups (broad SMARTS) is 1. The maximum absolute atomic E-state index is 13.3. The van der Waals surface area contributed by atoms with Crippen LogP contribution in [0.5, 0.6) is 5.75 Å². The molecule has 4 nitrogen and oxygen atoms in total. The Labute approximate surface area is 177 Å². The molecule has 0 aliphatic rings. The van der Waals surface area contributed by atoms with E-state index in [0.717, 1.165) is 27.6 Å². The van der Waals surface area contributed by atoms with Crippen molar-refractivity contribution in [2.75, 3.05) is 7.11 Å². The van der Waals surface area contributed by atoms with Crippen LogP contribution in [-0.4, -0.2) is 23.2 Å². The van der Waals surface area contributed by atoms with Crippen LogP contribution < -0.4 is 4.74 Å². The average molecular weight is 419 g/mol. The summed E-state index contributed by atoms with van der Waals surface area (Å²) in [7, 11) is 1.41. The highest BCUT2D eigenvalue weighted by Gasteiger charge is 2.19. The van der Waals surface area contributed by atoms with Crippen molar-refractivity contribution in [3.63, 3.8) is 0 Å². The number of aromatic nitrogens is 1. The Morgan fingerprint density at radius 3 is 2.03 bits per heavy atom. The van der Waals surface area contributed by atoms with Crippen molar-refractivity contribution in [3.05, 3.63) is 106 Å². The molecule has 1 N–H and O–H groups in total. The molecule has 1 heterocycles. The maximum atomic E-state index is 13.3. The Balaban J connectivity index is 1.84. The second kappa shape index (κ2) is 8.52. The minimum absolute atomic E-state index is 0.0193. The Hall–Kier alpha value is -3.80. The van der Waals surface area contributed by atoms with Gasteiger partial charge in [-0.3, -0.25) is 4.98 Å². The summed E-state index contributed by atoms with van der Waals surface area (Å²) in [5.41, 5.74) is 3.87. The second-order valence-electron chi connectivity index (χ2n) is 7.27. The van der Waals surface area contributed by atoms with Crippen LogP contribution in [0.2, 0.25) is 0 Å². The second-order valence-corrected chi connectivity index (χ2v) is 7.27. The van der Waals surface area contributed by atoms with E-state index >= 15 is 0 Å². The highest BCUT2D eigenvalue weighted by molar-refractivity contribution is 6.00. The van der Waals surface area contributed by atoms with Gasteiger partial charge in [0, 0.05) is 11.6 Å². The summed E-state index contributed by atoms with van der Waals surface area (Å²) in [6, 6.07) is 15.9. The van der Waals surface area contributed by atoms with Crippen molar-refractivity contribution in [1.82, 2.24) is 4.98 Å². The van der Waals surface area contributed by atoms with E-state index < -0.39 is 5.97 Å². The molecular formula is C25H19F2NO3. The van der Waals surface area contributed by atoms with Gasteiger partial charge in [-0.1, -0.05) is 24.3 Å². The fourth-order valence-corrected chi connectivity index (χ4v) is 3.65. The lowest BCUT2D eigenvalue weighted by Gasteiger charge is -2.14. The Kier molecular flexibility index (Phi) is 5.62. The van der Waals surface area contributed by atoms with Crippen molar-refractivity contribution in [2.24, 2.45) is 0 Å². The molecular weight excluding hydrogens is 400 g/mol. The number of halogens is 2. The highest BCUT2D eigenvalue weighted by Crippen LogP contribution is 2.33. The molecule has 0 amide bonds. The number of carboxylic acids is 1. The molecule has 0 saturated carbocycles. The van der Waals surface area contributed by atoms with Crippen LogP contribution in [0.15, 0.2) is 66.9 Å². The number of fused-ring (bicyclic) bond motifs is 1. The standard InChI is InChI=1S/C25H19F2NO3/c1-31-24-22(25(29)30)13-18(11-16-4-8-20(27)9-5-16)21-12-17(14-28-23(21)24)10-15-2-6-19(26)7-3-15/h2-9,12-14H,10-11H2,1H3,(H,29,30). The Morgan fingerprint density at radius 1 is 0.903 bits per heavy atom. The zero-order valence-electron chi connectivity index (χ0n) is 16.7. The fraction of sp³-hybridized carbons (Fsp3) is 0.120. The molecule has 0 aliphatic heterocycles. The summed E-state index contributed by atoms with van der Waals surface area (Å²) in [5, 5.41) is 10.4. The minimum atomic E-state index is -1.11. The summed E-state index contributed by atoms with van der Waals surface area (Å²) in [6.45, 7) is 0. The quantitative estimate of drug-likeness (QED) is 0.455. The first-order chi connectivity index (χ1) is 14.9. The number of pyridine rings is 1. The van der Waals surface area contributed by atoms with E-state index in [1.165, 1.54) is 31.4 Å². The van der Waals surface area contributed by atoms with Crippen LogP contribution in [0.1, 0.15) is 32.6 Å². The first-order valence-corrected chi connectivity index (χ1v) is 9.65. The molecule has 1 aromatic heterocycles. The smallest absolute Gasteiger partial charge is 0.339 e. The summed E-state index contributed by atoms with van der Waals surface area (Å²) >= 11 is 0. The maximum Gasteiger partial charge on any atom is 0.339 e. The van der Waals surface area contributed by atoms with Gasteiger partial charge in [-0.15, -0.1) is 0 Å². The first kappa shape index (κ1) is 20.5. The lowest BCUT2D eigenvalue weighted by atomic mass is 9.95. The number of hydrogen-bond acceptors (Lipinski definition) is 3. The van der Waals surface area contributed by atoms with Crippen LogP contribution in [0.4, 0.5) is 8.78 Å². The van der Waals surface area contributed by atoms with E-state index in [9.17, 15) is 18.7 Å². The summed E-state index contributed by atoms with van der Waals surface area (Å²) in [6.07, 6.45) is 2.62. The number of hydrogen-bond donors (Lipinski definition) is 1. The number of carbonyl (C=O) groups is 1. The molecule has 0 aliphatic carbocycles. The van der Waals surface area contributed by atoms with Gasteiger partial charge in [0.05, 0.1) is 7.11 Å². The van der Waals surface area contributed by atoms with Crippen LogP contribution >= 0.6 is 0 Å². The van der Waals surface area contributed by atoms with Gasteiger partial charge < -0.3 is 9.84 Å². The van der Waals surface area contributed by atoms with Crippen molar-refractivity contribution in [2.45, 2.75) is 12.8 Å². The molecule has 0 atom stereocenters. The number of aromatic carboxylic acids is 1. The molecule has 31 heavy (non-hydrogen) atoms. The Bertz CT molecular complexity index is 1250. The van der Waals surface area contributed by atoms with Crippen LogP contribution in [0.25, 0.3) is 10.9 Å². The third-order valence-electron chi connectivity index (χ3n) is 5.13. The summed E-state index contributed by atoms with van der Waals surface area (Å²) in [5.74, 6) is -1.55. The van der Waals surface area contributed by atoms with Gasteiger partial charge >= 0.3 is 5.97 Å². The van der Waals surface area contributed by atoms with Crippen LogP contribution in [-0.2, 0) is 12.8 Å². The molecule has 156 valence electrons. The van der Waals surface area contributed by atoms with Crippen molar-refractivity contribution >= 4 is 16.9 Å². The van der Waals surface area contributed by atoms with Gasteiger partial charge in [0.1, 0.15) is 22.7 Å². The fourth-order valence-electron chi connectivity index (χ4n) is 3.65. The van der Waals surface area contributed by atoms with E-state index in [4.69, 9.17) is 4.74 Å². The molecule has 0 saturated heterocycles. The predicted molar refractivity (Wildman–Crippen MR) is 114 cm³/mol. The van der Waals surface area contributed by atoms with Crippen molar-refractivity contribution in [3.8, 4) is 5.75 Å².